The number of amides is 1. The summed E-state index contributed by atoms with van der Waals surface area (Å²) in [6.45, 7) is 2.03. The third-order valence-corrected chi connectivity index (χ3v) is 6.96. The zero-order chi connectivity index (χ0) is 22.2. The maximum Gasteiger partial charge on any atom is 0.227 e. The molecule has 5 nitrogen and oxygen atoms in total. The van der Waals surface area contributed by atoms with E-state index in [2.05, 4.69) is 4.98 Å². The summed E-state index contributed by atoms with van der Waals surface area (Å²) < 4.78 is 5.92. The van der Waals surface area contributed by atoms with Gasteiger partial charge in [-0.2, -0.15) is 0 Å². The number of carbonyl (C=O) groups is 2. The molecule has 0 bridgehead atoms. The Bertz CT molecular complexity index is 868. The molecule has 1 aromatic carbocycles. The van der Waals surface area contributed by atoms with Crippen LogP contribution in [0, 0.1) is 11.8 Å². The number of benzene rings is 1. The van der Waals surface area contributed by atoms with Crippen molar-refractivity contribution >= 4 is 11.7 Å². The number of carbonyl (C=O) groups excluding carboxylic acids is 2. The quantitative estimate of drug-likeness (QED) is 0.543. The molecule has 1 aliphatic heterocycles. The number of piperidine rings is 1. The average Bonchev–Trinajstić information content (AvgIpc) is 2.85. The summed E-state index contributed by atoms with van der Waals surface area (Å²) >= 11 is 0. The molecule has 1 aliphatic carbocycles. The molecular formula is C27H34N2O3. The van der Waals surface area contributed by atoms with Gasteiger partial charge in [-0.3, -0.25) is 14.6 Å². The van der Waals surface area contributed by atoms with Crippen molar-refractivity contribution in [2.24, 2.45) is 11.8 Å². The minimum absolute atomic E-state index is 0.0180. The Morgan fingerprint density at radius 2 is 1.72 bits per heavy atom. The van der Waals surface area contributed by atoms with Gasteiger partial charge in [-0.05, 0) is 61.1 Å². The van der Waals surface area contributed by atoms with Crippen molar-refractivity contribution in [3.63, 3.8) is 0 Å². The fraction of sp³-hybridized carbons (Fsp3) is 0.519. The van der Waals surface area contributed by atoms with Crippen molar-refractivity contribution in [1.82, 2.24) is 9.88 Å². The molecular weight excluding hydrogens is 400 g/mol. The SMILES string of the molecule is O=C(c1ccc(OCCC2CCCCC2)cc1)C1CCN(C(=O)Cc2cccnc2)CC1. The zero-order valence-electron chi connectivity index (χ0n) is 18.9. The summed E-state index contributed by atoms with van der Waals surface area (Å²) in [7, 11) is 0. The lowest BCUT2D eigenvalue weighted by Crippen LogP contribution is -2.41. The number of hydrogen-bond donors (Lipinski definition) is 0. The first-order valence-electron chi connectivity index (χ1n) is 12.1. The highest BCUT2D eigenvalue weighted by atomic mass is 16.5. The van der Waals surface area contributed by atoms with Gasteiger partial charge in [0.15, 0.2) is 5.78 Å². The van der Waals surface area contributed by atoms with Gasteiger partial charge in [0, 0.05) is 37.0 Å². The Kier molecular flexibility index (Phi) is 7.92. The molecule has 1 amide bonds. The van der Waals surface area contributed by atoms with E-state index in [-0.39, 0.29) is 17.6 Å². The molecule has 1 aromatic heterocycles. The number of rotatable bonds is 8. The monoisotopic (exact) mass is 434 g/mol. The standard InChI is InChI=1S/C27H34N2O3/c30-26(19-22-7-4-15-28-20-22)29-16-12-24(13-17-29)27(31)23-8-10-25(11-9-23)32-18-14-21-5-2-1-3-6-21/h4,7-11,15,20-21,24H,1-3,5-6,12-14,16-19H2. The number of pyridine rings is 1. The second-order valence-electron chi connectivity index (χ2n) is 9.22. The minimum Gasteiger partial charge on any atom is -0.494 e. The molecule has 2 fully saturated rings. The van der Waals surface area contributed by atoms with Gasteiger partial charge in [0.2, 0.25) is 5.91 Å². The van der Waals surface area contributed by atoms with Crippen LogP contribution in [0.1, 0.15) is 67.3 Å². The molecule has 4 rings (SSSR count). The zero-order valence-corrected chi connectivity index (χ0v) is 18.9. The first-order valence-corrected chi connectivity index (χ1v) is 12.1. The predicted octanol–water partition coefficient (Wildman–Crippen LogP) is 5.09. The summed E-state index contributed by atoms with van der Waals surface area (Å²) in [5, 5.41) is 0. The number of likely N-dealkylation sites (tertiary alicyclic amines) is 1. The Labute approximate surface area is 191 Å². The van der Waals surface area contributed by atoms with E-state index in [9.17, 15) is 9.59 Å². The van der Waals surface area contributed by atoms with Crippen LogP contribution in [-0.2, 0) is 11.2 Å². The van der Waals surface area contributed by atoms with Gasteiger partial charge < -0.3 is 9.64 Å². The maximum absolute atomic E-state index is 12.9. The lowest BCUT2D eigenvalue weighted by Gasteiger charge is -2.31. The van der Waals surface area contributed by atoms with Crippen LogP contribution in [0.15, 0.2) is 48.8 Å². The summed E-state index contributed by atoms with van der Waals surface area (Å²) in [6.07, 6.45) is 13.2. The van der Waals surface area contributed by atoms with Gasteiger partial charge >= 0.3 is 0 Å². The van der Waals surface area contributed by atoms with Crippen LogP contribution in [0.5, 0.6) is 5.75 Å². The highest BCUT2D eigenvalue weighted by Crippen LogP contribution is 2.27. The molecule has 170 valence electrons. The van der Waals surface area contributed by atoms with Crippen molar-refractivity contribution in [2.75, 3.05) is 19.7 Å². The number of hydrogen-bond acceptors (Lipinski definition) is 4. The van der Waals surface area contributed by atoms with Crippen LogP contribution in [-0.4, -0.2) is 41.3 Å². The van der Waals surface area contributed by atoms with Crippen molar-refractivity contribution < 1.29 is 14.3 Å². The summed E-state index contributed by atoms with van der Waals surface area (Å²) in [5.41, 5.74) is 1.67. The van der Waals surface area contributed by atoms with E-state index in [4.69, 9.17) is 4.74 Å². The first kappa shape index (κ1) is 22.5. The predicted molar refractivity (Wildman–Crippen MR) is 125 cm³/mol. The van der Waals surface area contributed by atoms with Gasteiger partial charge in [-0.15, -0.1) is 0 Å². The molecule has 0 radical (unpaired) electrons. The van der Waals surface area contributed by atoms with Crippen LogP contribution in [0.4, 0.5) is 0 Å². The number of ether oxygens (including phenoxy) is 1. The third-order valence-electron chi connectivity index (χ3n) is 6.96. The Morgan fingerprint density at radius 3 is 2.41 bits per heavy atom. The molecule has 0 spiro atoms. The minimum atomic E-state index is -0.0180. The normalized spacial score (nSPS) is 17.8. The van der Waals surface area contributed by atoms with Crippen molar-refractivity contribution in [3.8, 4) is 5.75 Å². The van der Waals surface area contributed by atoms with Gasteiger partial charge in [0.25, 0.3) is 0 Å². The molecule has 0 N–H and O–H groups in total. The van der Waals surface area contributed by atoms with E-state index < -0.39 is 0 Å². The molecule has 0 atom stereocenters. The van der Waals surface area contributed by atoms with Crippen molar-refractivity contribution in [1.29, 1.82) is 0 Å². The highest BCUT2D eigenvalue weighted by molar-refractivity contribution is 5.98. The van der Waals surface area contributed by atoms with E-state index in [1.165, 1.54) is 32.1 Å². The molecule has 1 saturated carbocycles. The molecule has 2 heterocycles. The topological polar surface area (TPSA) is 59.5 Å². The van der Waals surface area contributed by atoms with E-state index in [1.54, 1.807) is 12.4 Å². The average molecular weight is 435 g/mol. The fourth-order valence-corrected chi connectivity index (χ4v) is 4.95. The van der Waals surface area contributed by atoms with E-state index in [0.717, 1.165) is 48.7 Å². The molecule has 0 unspecified atom stereocenters. The molecule has 2 aromatic rings. The van der Waals surface area contributed by atoms with E-state index in [0.29, 0.717) is 19.5 Å². The molecule has 5 heteroatoms. The summed E-state index contributed by atoms with van der Waals surface area (Å²) in [5.74, 6) is 1.92. The van der Waals surface area contributed by atoms with E-state index >= 15 is 0 Å². The van der Waals surface area contributed by atoms with Gasteiger partial charge in [-0.1, -0.05) is 38.2 Å². The van der Waals surface area contributed by atoms with Crippen LogP contribution in [0.2, 0.25) is 0 Å². The number of aromatic nitrogens is 1. The summed E-state index contributed by atoms with van der Waals surface area (Å²) in [6, 6.07) is 11.4. The summed E-state index contributed by atoms with van der Waals surface area (Å²) in [4.78, 5) is 31.4. The second-order valence-corrected chi connectivity index (χ2v) is 9.22. The van der Waals surface area contributed by atoms with Crippen molar-refractivity contribution in [3.05, 3.63) is 59.9 Å². The van der Waals surface area contributed by atoms with Crippen molar-refractivity contribution in [2.45, 2.75) is 57.8 Å². The lowest BCUT2D eigenvalue weighted by molar-refractivity contribution is -0.131. The number of nitrogens with zero attached hydrogens (tertiary/aromatic N) is 2. The molecule has 1 saturated heterocycles. The van der Waals surface area contributed by atoms with Gasteiger partial charge in [0.1, 0.15) is 5.75 Å². The second kappa shape index (κ2) is 11.3. The Hall–Kier alpha value is -2.69. The fourth-order valence-electron chi connectivity index (χ4n) is 4.95. The number of ketones is 1. The van der Waals surface area contributed by atoms with Crippen LogP contribution >= 0.6 is 0 Å². The first-order chi connectivity index (χ1) is 15.7. The Balaban J connectivity index is 1.21. The molecule has 2 aliphatic rings. The maximum atomic E-state index is 12.9. The lowest BCUT2D eigenvalue weighted by atomic mass is 9.87. The molecule has 32 heavy (non-hydrogen) atoms. The largest absolute Gasteiger partial charge is 0.494 e. The Morgan fingerprint density at radius 1 is 0.969 bits per heavy atom. The van der Waals surface area contributed by atoms with Crippen LogP contribution < -0.4 is 4.74 Å². The third kappa shape index (κ3) is 6.18. The van der Waals surface area contributed by atoms with Gasteiger partial charge in [0.05, 0.1) is 13.0 Å². The van der Waals surface area contributed by atoms with Crippen LogP contribution in [0.3, 0.4) is 0 Å². The highest BCUT2D eigenvalue weighted by Gasteiger charge is 2.28. The van der Waals surface area contributed by atoms with Crippen LogP contribution in [0.25, 0.3) is 0 Å². The van der Waals surface area contributed by atoms with E-state index in [1.807, 2.05) is 41.3 Å². The number of Topliss-reactive ketones (excluding diaryl/α,β-unsaturated/α-hetero) is 1. The smallest absolute Gasteiger partial charge is 0.227 e. The van der Waals surface area contributed by atoms with Gasteiger partial charge in [-0.25, -0.2) is 0 Å².